The van der Waals surface area contributed by atoms with Crippen molar-refractivity contribution >= 4 is 5.82 Å². The molecule has 0 radical (unpaired) electrons. The standard InChI is InChI=1S/C17H16N6O/c1-11(2)15(21-14-4-3-12(9-18)10-20-14)17-22-16(23-24-17)13-5-7-19-8-6-13/h3-8,10-11,15H,1-2H3,(H,20,21). The van der Waals surface area contributed by atoms with Crippen molar-refractivity contribution in [3.05, 3.63) is 54.3 Å². The molecule has 1 N–H and O–H groups in total. The maximum Gasteiger partial charge on any atom is 0.249 e. The van der Waals surface area contributed by atoms with E-state index in [9.17, 15) is 0 Å². The number of anilines is 1. The highest BCUT2D eigenvalue weighted by Crippen LogP contribution is 2.26. The number of pyridine rings is 2. The molecule has 1 unspecified atom stereocenters. The van der Waals surface area contributed by atoms with Crippen LogP contribution in [0.25, 0.3) is 11.4 Å². The molecule has 0 saturated carbocycles. The summed E-state index contributed by atoms with van der Waals surface area (Å²) in [5, 5.41) is 16.2. The number of rotatable bonds is 5. The van der Waals surface area contributed by atoms with Crippen LogP contribution in [0.5, 0.6) is 0 Å². The van der Waals surface area contributed by atoms with E-state index in [0.717, 1.165) is 5.56 Å². The Balaban J connectivity index is 1.83. The SMILES string of the molecule is CC(C)C(Nc1ccc(C#N)cn1)c1nc(-c2ccncc2)no1. The van der Waals surface area contributed by atoms with Crippen LogP contribution in [-0.2, 0) is 0 Å². The van der Waals surface area contributed by atoms with Crippen molar-refractivity contribution in [3.8, 4) is 17.5 Å². The normalized spacial score (nSPS) is 11.9. The van der Waals surface area contributed by atoms with Crippen molar-refractivity contribution in [2.75, 3.05) is 5.32 Å². The van der Waals surface area contributed by atoms with E-state index in [0.29, 0.717) is 23.1 Å². The molecule has 1 atom stereocenters. The predicted octanol–water partition coefficient (Wildman–Crippen LogP) is 3.21. The Hall–Kier alpha value is -3.27. The lowest BCUT2D eigenvalue weighted by Gasteiger charge is -2.18. The molecule has 0 aliphatic rings. The van der Waals surface area contributed by atoms with E-state index >= 15 is 0 Å². The van der Waals surface area contributed by atoms with Crippen LogP contribution in [0.15, 0.2) is 47.4 Å². The van der Waals surface area contributed by atoms with Gasteiger partial charge in [-0.3, -0.25) is 4.98 Å². The Kier molecular flexibility index (Phi) is 4.47. The summed E-state index contributed by atoms with van der Waals surface area (Å²) in [5.74, 6) is 1.86. The van der Waals surface area contributed by atoms with Crippen LogP contribution < -0.4 is 5.32 Å². The Labute approximate surface area is 139 Å². The van der Waals surface area contributed by atoms with E-state index in [-0.39, 0.29) is 12.0 Å². The summed E-state index contributed by atoms with van der Waals surface area (Å²) >= 11 is 0. The lowest BCUT2D eigenvalue weighted by Crippen LogP contribution is -2.18. The number of hydrogen-bond donors (Lipinski definition) is 1. The van der Waals surface area contributed by atoms with Crippen LogP contribution in [0.4, 0.5) is 5.82 Å². The summed E-state index contributed by atoms with van der Waals surface area (Å²) in [5.41, 5.74) is 1.36. The summed E-state index contributed by atoms with van der Waals surface area (Å²) in [4.78, 5) is 12.7. The fraction of sp³-hybridized carbons (Fsp3) is 0.235. The maximum atomic E-state index is 8.84. The van der Waals surface area contributed by atoms with Crippen LogP contribution in [0.3, 0.4) is 0 Å². The summed E-state index contributed by atoms with van der Waals surface area (Å²) in [6.07, 6.45) is 4.89. The van der Waals surface area contributed by atoms with Gasteiger partial charge in [0.05, 0.1) is 5.56 Å². The molecule has 24 heavy (non-hydrogen) atoms. The first-order valence-electron chi connectivity index (χ1n) is 7.54. The van der Waals surface area contributed by atoms with Gasteiger partial charge in [-0.05, 0) is 30.2 Å². The van der Waals surface area contributed by atoms with E-state index in [2.05, 4.69) is 39.3 Å². The lowest BCUT2D eigenvalue weighted by molar-refractivity contribution is 0.335. The van der Waals surface area contributed by atoms with Crippen LogP contribution >= 0.6 is 0 Å². The Morgan fingerprint density at radius 2 is 1.96 bits per heavy atom. The average molecular weight is 320 g/mol. The molecule has 7 nitrogen and oxygen atoms in total. The number of nitrogens with one attached hydrogen (secondary N) is 1. The second-order valence-electron chi connectivity index (χ2n) is 5.60. The fourth-order valence-electron chi connectivity index (χ4n) is 2.20. The fourth-order valence-corrected chi connectivity index (χ4v) is 2.20. The Morgan fingerprint density at radius 3 is 2.58 bits per heavy atom. The Bertz CT molecular complexity index is 836. The summed E-state index contributed by atoms with van der Waals surface area (Å²) < 4.78 is 5.44. The van der Waals surface area contributed by atoms with Crippen LogP contribution in [0.1, 0.15) is 31.3 Å². The quantitative estimate of drug-likeness (QED) is 0.770. The lowest BCUT2D eigenvalue weighted by atomic mass is 10.0. The molecule has 0 amide bonds. The van der Waals surface area contributed by atoms with Crippen LogP contribution in [0.2, 0.25) is 0 Å². The molecule has 0 aliphatic heterocycles. The molecule has 3 aromatic heterocycles. The zero-order valence-corrected chi connectivity index (χ0v) is 13.3. The molecule has 3 aromatic rings. The molecule has 0 aliphatic carbocycles. The van der Waals surface area contributed by atoms with E-state index < -0.39 is 0 Å². The molecule has 0 spiro atoms. The van der Waals surface area contributed by atoms with Gasteiger partial charge in [-0.2, -0.15) is 10.2 Å². The first-order chi connectivity index (χ1) is 11.7. The highest BCUT2D eigenvalue weighted by atomic mass is 16.5. The molecule has 0 bridgehead atoms. The van der Waals surface area contributed by atoms with E-state index in [1.54, 1.807) is 24.5 Å². The van der Waals surface area contributed by atoms with Gasteiger partial charge in [0.25, 0.3) is 0 Å². The highest BCUT2D eigenvalue weighted by Gasteiger charge is 2.23. The van der Waals surface area contributed by atoms with Crippen molar-refractivity contribution in [1.82, 2.24) is 20.1 Å². The smallest absolute Gasteiger partial charge is 0.249 e. The summed E-state index contributed by atoms with van der Waals surface area (Å²) in [7, 11) is 0. The molecule has 0 saturated heterocycles. The van der Waals surface area contributed by atoms with Gasteiger partial charge >= 0.3 is 0 Å². The van der Waals surface area contributed by atoms with E-state index in [1.165, 1.54) is 6.20 Å². The monoisotopic (exact) mass is 320 g/mol. The Morgan fingerprint density at radius 1 is 1.17 bits per heavy atom. The molecule has 3 heterocycles. The molecular weight excluding hydrogens is 304 g/mol. The molecule has 7 heteroatoms. The van der Waals surface area contributed by atoms with Crippen molar-refractivity contribution in [1.29, 1.82) is 5.26 Å². The van der Waals surface area contributed by atoms with Gasteiger partial charge in [-0.25, -0.2) is 4.98 Å². The van der Waals surface area contributed by atoms with E-state index in [4.69, 9.17) is 9.78 Å². The minimum absolute atomic E-state index is 0.187. The largest absolute Gasteiger partial charge is 0.358 e. The third-order valence-electron chi connectivity index (χ3n) is 3.51. The van der Waals surface area contributed by atoms with Crippen molar-refractivity contribution in [2.45, 2.75) is 19.9 Å². The van der Waals surface area contributed by atoms with Crippen molar-refractivity contribution < 1.29 is 4.52 Å². The first kappa shape index (κ1) is 15.6. The topological polar surface area (TPSA) is 101 Å². The first-order valence-corrected chi connectivity index (χ1v) is 7.54. The third kappa shape index (κ3) is 3.38. The minimum Gasteiger partial charge on any atom is -0.358 e. The van der Waals surface area contributed by atoms with E-state index in [1.807, 2.05) is 18.2 Å². The molecule has 0 aromatic carbocycles. The predicted molar refractivity (Wildman–Crippen MR) is 87.7 cm³/mol. The zero-order valence-electron chi connectivity index (χ0n) is 13.3. The molecular formula is C17H16N6O. The third-order valence-corrected chi connectivity index (χ3v) is 3.51. The van der Waals surface area contributed by atoms with Gasteiger partial charge in [0.1, 0.15) is 17.9 Å². The number of nitriles is 1. The molecule has 0 fully saturated rings. The van der Waals surface area contributed by atoms with Crippen LogP contribution in [0, 0.1) is 17.2 Å². The molecule has 3 rings (SSSR count). The van der Waals surface area contributed by atoms with Crippen molar-refractivity contribution in [2.24, 2.45) is 5.92 Å². The number of hydrogen-bond acceptors (Lipinski definition) is 7. The van der Waals surface area contributed by atoms with Crippen LogP contribution in [-0.4, -0.2) is 20.1 Å². The summed E-state index contributed by atoms with van der Waals surface area (Å²) in [6, 6.07) is 8.99. The molecule has 120 valence electrons. The zero-order chi connectivity index (χ0) is 16.9. The van der Waals surface area contributed by atoms with Gasteiger partial charge in [0.15, 0.2) is 0 Å². The number of aromatic nitrogens is 4. The van der Waals surface area contributed by atoms with Crippen molar-refractivity contribution in [3.63, 3.8) is 0 Å². The van der Waals surface area contributed by atoms with Gasteiger partial charge in [0, 0.05) is 24.2 Å². The second-order valence-corrected chi connectivity index (χ2v) is 5.60. The van der Waals surface area contributed by atoms with Gasteiger partial charge < -0.3 is 9.84 Å². The van der Waals surface area contributed by atoms with Gasteiger partial charge in [-0.1, -0.05) is 19.0 Å². The number of nitrogens with zero attached hydrogens (tertiary/aromatic N) is 5. The highest BCUT2D eigenvalue weighted by molar-refractivity contribution is 5.52. The average Bonchev–Trinajstić information content (AvgIpc) is 3.10. The van der Waals surface area contributed by atoms with Gasteiger partial charge in [0.2, 0.25) is 11.7 Å². The minimum atomic E-state index is -0.187. The summed E-state index contributed by atoms with van der Waals surface area (Å²) in [6.45, 7) is 4.11. The second kappa shape index (κ2) is 6.87. The van der Waals surface area contributed by atoms with Gasteiger partial charge in [-0.15, -0.1) is 0 Å². The maximum absolute atomic E-state index is 8.84.